The van der Waals surface area contributed by atoms with E-state index in [9.17, 15) is 19.8 Å². The smallest absolute Gasteiger partial charge is 0.305 e. The molecule has 6 nitrogen and oxygen atoms in total. The van der Waals surface area contributed by atoms with Gasteiger partial charge in [-0.15, -0.1) is 0 Å². The van der Waals surface area contributed by atoms with Crippen molar-refractivity contribution in [2.75, 3.05) is 13.2 Å². The minimum atomic E-state index is -0.669. The van der Waals surface area contributed by atoms with Gasteiger partial charge in [0.15, 0.2) is 0 Å². The molecule has 0 radical (unpaired) electrons. The maximum Gasteiger partial charge on any atom is 0.305 e. The Kier molecular flexibility index (Phi) is 53.0. The molecule has 2 unspecified atom stereocenters. The number of allylic oxidation sites excluding steroid dienone is 2. The van der Waals surface area contributed by atoms with E-state index in [-0.39, 0.29) is 18.5 Å². The third kappa shape index (κ3) is 50.0. The monoisotopic (exact) mass is 904 g/mol. The van der Waals surface area contributed by atoms with E-state index in [0.717, 1.165) is 38.5 Å². The van der Waals surface area contributed by atoms with Gasteiger partial charge in [-0.2, -0.15) is 0 Å². The fourth-order valence-electron chi connectivity index (χ4n) is 9.11. The lowest BCUT2D eigenvalue weighted by Crippen LogP contribution is -2.45. The number of ether oxygens (including phenoxy) is 1. The summed E-state index contributed by atoms with van der Waals surface area (Å²) in [6, 6.07) is -0.547. The van der Waals surface area contributed by atoms with Gasteiger partial charge in [-0.25, -0.2) is 0 Å². The highest BCUT2D eigenvalue weighted by atomic mass is 16.5. The highest BCUT2D eigenvalue weighted by Gasteiger charge is 2.20. The second-order valence-electron chi connectivity index (χ2n) is 20.0. The number of unbranched alkanes of at least 4 members (excludes halogenated alkanes) is 41. The van der Waals surface area contributed by atoms with Crippen molar-refractivity contribution in [1.29, 1.82) is 0 Å². The molecule has 2 atom stereocenters. The number of rotatable bonds is 54. The summed E-state index contributed by atoms with van der Waals surface area (Å²) in [4.78, 5) is 24.5. The van der Waals surface area contributed by atoms with E-state index in [1.54, 1.807) is 0 Å². The van der Waals surface area contributed by atoms with Gasteiger partial charge in [0.05, 0.1) is 25.4 Å². The summed E-state index contributed by atoms with van der Waals surface area (Å²) in [5, 5.41) is 23.2. The second kappa shape index (κ2) is 54.2. The van der Waals surface area contributed by atoms with Crippen LogP contribution in [0, 0.1) is 0 Å². The van der Waals surface area contributed by atoms with Crippen molar-refractivity contribution in [1.82, 2.24) is 5.32 Å². The van der Waals surface area contributed by atoms with Crippen LogP contribution in [0.15, 0.2) is 12.2 Å². The fourth-order valence-corrected chi connectivity index (χ4v) is 9.11. The van der Waals surface area contributed by atoms with Gasteiger partial charge in [-0.1, -0.05) is 270 Å². The molecule has 0 aliphatic heterocycles. The summed E-state index contributed by atoms with van der Waals surface area (Å²) in [7, 11) is 0. The lowest BCUT2D eigenvalue weighted by Gasteiger charge is -2.22. The average Bonchev–Trinajstić information content (AvgIpc) is 3.29. The van der Waals surface area contributed by atoms with Crippen LogP contribution in [0.25, 0.3) is 0 Å². The van der Waals surface area contributed by atoms with Crippen LogP contribution in [0.1, 0.15) is 322 Å². The Morgan fingerprint density at radius 1 is 0.422 bits per heavy atom. The third-order valence-corrected chi connectivity index (χ3v) is 13.6. The Hall–Kier alpha value is -1.40. The highest BCUT2D eigenvalue weighted by Crippen LogP contribution is 2.17. The second-order valence-corrected chi connectivity index (χ2v) is 20.0. The number of amides is 1. The summed E-state index contributed by atoms with van der Waals surface area (Å²) in [6.07, 6.45) is 63.4. The van der Waals surface area contributed by atoms with Crippen LogP contribution in [0.5, 0.6) is 0 Å². The molecule has 0 saturated heterocycles. The first-order chi connectivity index (χ1) is 31.5. The summed E-state index contributed by atoms with van der Waals surface area (Å²) < 4.78 is 5.48. The molecule has 0 aromatic carbocycles. The minimum Gasteiger partial charge on any atom is -0.466 e. The average molecular weight is 905 g/mol. The predicted molar refractivity (Wildman–Crippen MR) is 278 cm³/mol. The fraction of sp³-hybridized carbons (Fsp3) is 0.931. The molecule has 0 saturated carbocycles. The van der Waals surface area contributed by atoms with Gasteiger partial charge < -0.3 is 20.3 Å². The number of hydrogen-bond donors (Lipinski definition) is 3. The molecule has 0 aliphatic carbocycles. The molecule has 64 heavy (non-hydrogen) atoms. The lowest BCUT2D eigenvalue weighted by molar-refractivity contribution is -0.143. The van der Waals surface area contributed by atoms with Gasteiger partial charge in [0.25, 0.3) is 0 Å². The maximum atomic E-state index is 12.4. The van der Waals surface area contributed by atoms with Crippen molar-refractivity contribution in [2.45, 2.75) is 334 Å². The first-order valence-corrected chi connectivity index (χ1v) is 28.9. The number of hydrogen-bond acceptors (Lipinski definition) is 5. The molecule has 0 rings (SSSR count). The van der Waals surface area contributed by atoms with Crippen LogP contribution in [0.4, 0.5) is 0 Å². The number of aliphatic hydroxyl groups is 2. The SMILES string of the molecule is CCCCCCCCCCCCCCCCCC(=O)OCCCCCCCCCC/C=C\CCCCCCCCCC(=O)NC(CO)C(O)CCCCCCCCCCCCCCC. The molecule has 0 fully saturated rings. The van der Waals surface area contributed by atoms with Crippen LogP contribution >= 0.6 is 0 Å². The van der Waals surface area contributed by atoms with Gasteiger partial charge in [0.2, 0.25) is 5.91 Å². The molecule has 0 bridgehead atoms. The zero-order valence-corrected chi connectivity index (χ0v) is 43.3. The molecule has 3 N–H and O–H groups in total. The van der Waals surface area contributed by atoms with Crippen molar-refractivity contribution in [2.24, 2.45) is 0 Å². The van der Waals surface area contributed by atoms with Gasteiger partial charge >= 0.3 is 5.97 Å². The summed E-state index contributed by atoms with van der Waals surface area (Å²) in [5.74, 6) is -0.0362. The Labute approximate surface area is 399 Å². The molecule has 380 valence electrons. The van der Waals surface area contributed by atoms with Gasteiger partial charge in [0.1, 0.15) is 0 Å². The normalized spacial score (nSPS) is 12.6. The van der Waals surface area contributed by atoms with E-state index in [1.807, 2.05) is 0 Å². The molecular formula is C58H113NO5. The largest absolute Gasteiger partial charge is 0.466 e. The van der Waals surface area contributed by atoms with Crippen molar-refractivity contribution in [3.05, 3.63) is 12.2 Å². The Morgan fingerprint density at radius 3 is 1.11 bits per heavy atom. The van der Waals surface area contributed by atoms with Crippen molar-refractivity contribution < 1.29 is 24.5 Å². The molecule has 0 heterocycles. The number of esters is 1. The molecule has 6 heteroatoms. The van der Waals surface area contributed by atoms with Gasteiger partial charge in [0, 0.05) is 12.8 Å². The molecule has 0 spiro atoms. The number of aliphatic hydroxyl groups excluding tert-OH is 2. The van der Waals surface area contributed by atoms with Crippen LogP contribution in [-0.4, -0.2) is 47.4 Å². The first kappa shape index (κ1) is 62.6. The van der Waals surface area contributed by atoms with Crippen molar-refractivity contribution in [3.63, 3.8) is 0 Å². The van der Waals surface area contributed by atoms with E-state index in [1.165, 1.54) is 250 Å². The summed E-state index contributed by atoms with van der Waals surface area (Å²) in [6.45, 7) is 4.96. The topological polar surface area (TPSA) is 95.9 Å². The van der Waals surface area contributed by atoms with Crippen LogP contribution in [0.3, 0.4) is 0 Å². The molecule has 1 amide bonds. The third-order valence-electron chi connectivity index (χ3n) is 13.6. The summed E-state index contributed by atoms with van der Waals surface area (Å²) >= 11 is 0. The zero-order valence-electron chi connectivity index (χ0n) is 43.3. The molecule has 0 aromatic heterocycles. The highest BCUT2D eigenvalue weighted by molar-refractivity contribution is 5.76. The first-order valence-electron chi connectivity index (χ1n) is 28.9. The van der Waals surface area contributed by atoms with E-state index in [0.29, 0.717) is 25.9 Å². The number of nitrogens with one attached hydrogen (secondary N) is 1. The Balaban J connectivity index is 3.41. The van der Waals surface area contributed by atoms with E-state index in [4.69, 9.17) is 4.74 Å². The number of carbonyl (C=O) groups excluding carboxylic acids is 2. The van der Waals surface area contributed by atoms with E-state index in [2.05, 4.69) is 31.3 Å². The zero-order chi connectivity index (χ0) is 46.5. The standard InChI is InChI=1S/C58H113NO5/c1-3-5-7-9-11-13-15-17-23-28-32-36-40-44-48-52-58(63)64-53-49-45-41-37-33-29-25-22-20-18-19-21-24-27-31-35-39-43-47-51-57(62)59-55(54-60)56(61)50-46-42-38-34-30-26-16-14-12-10-8-6-4-2/h18-19,55-56,60-61H,3-17,20-54H2,1-2H3,(H,59,62)/b19-18-. The Bertz CT molecular complexity index is 955. The van der Waals surface area contributed by atoms with Crippen molar-refractivity contribution >= 4 is 11.9 Å². The maximum absolute atomic E-state index is 12.4. The lowest BCUT2D eigenvalue weighted by atomic mass is 10.0. The van der Waals surface area contributed by atoms with Crippen LogP contribution in [-0.2, 0) is 14.3 Å². The molecule has 0 aliphatic rings. The quantitative estimate of drug-likeness (QED) is 0.0321. The Morgan fingerprint density at radius 2 is 0.734 bits per heavy atom. The number of carbonyl (C=O) groups is 2. The predicted octanol–water partition coefficient (Wildman–Crippen LogP) is 17.7. The van der Waals surface area contributed by atoms with Crippen molar-refractivity contribution in [3.8, 4) is 0 Å². The molecule has 0 aromatic rings. The summed E-state index contributed by atoms with van der Waals surface area (Å²) in [5.41, 5.74) is 0. The van der Waals surface area contributed by atoms with Gasteiger partial charge in [-0.05, 0) is 51.4 Å². The van der Waals surface area contributed by atoms with Gasteiger partial charge in [-0.3, -0.25) is 9.59 Å². The van der Waals surface area contributed by atoms with E-state index < -0.39 is 12.1 Å². The molecular weight excluding hydrogens is 791 g/mol. The van der Waals surface area contributed by atoms with Crippen LogP contribution in [0.2, 0.25) is 0 Å². The minimum absolute atomic E-state index is 0.00727. The van der Waals surface area contributed by atoms with E-state index >= 15 is 0 Å². The van der Waals surface area contributed by atoms with Crippen LogP contribution < -0.4 is 5.32 Å².